The molecule has 8 nitrogen and oxygen atoms in total. The Morgan fingerprint density at radius 2 is 2.00 bits per heavy atom. The van der Waals surface area contributed by atoms with Crippen LogP contribution in [0.2, 0.25) is 0 Å². The molecule has 0 radical (unpaired) electrons. The quantitative estimate of drug-likeness (QED) is 0.355. The molecule has 9 heteroatoms. The summed E-state index contributed by atoms with van der Waals surface area (Å²) in [4.78, 5) is 50.5. The molecular formula is C27H30N4O4S. The number of amides is 1. The first-order chi connectivity index (χ1) is 17.3. The van der Waals surface area contributed by atoms with Gasteiger partial charge in [0, 0.05) is 17.0 Å². The zero-order valence-electron chi connectivity index (χ0n) is 20.9. The van der Waals surface area contributed by atoms with Gasteiger partial charge in [-0.25, -0.2) is 4.98 Å². The monoisotopic (exact) mass is 506 g/mol. The lowest BCUT2D eigenvalue weighted by Crippen LogP contribution is -2.39. The number of benzene rings is 1. The Labute approximate surface area is 213 Å². The van der Waals surface area contributed by atoms with Gasteiger partial charge in [-0.15, -0.1) is 17.9 Å². The molecule has 1 amide bonds. The number of aryl methyl sites for hydroxylation is 2. The van der Waals surface area contributed by atoms with Crippen molar-refractivity contribution in [3.63, 3.8) is 0 Å². The van der Waals surface area contributed by atoms with E-state index in [2.05, 4.69) is 11.5 Å². The summed E-state index contributed by atoms with van der Waals surface area (Å²) >= 11 is 1.52. The van der Waals surface area contributed by atoms with Crippen molar-refractivity contribution in [2.45, 2.75) is 46.2 Å². The number of thiophene rings is 1. The molecule has 1 saturated heterocycles. The minimum atomic E-state index is -0.766. The minimum absolute atomic E-state index is 0.0507. The molecule has 1 aromatic carbocycles. The molecular weight excluding hydrogens is 476 g/mol. The second-order valence-electron chi connectivity index (χ2n) is 9.45. The Morgan fingerprint density at radius 3 is 2.72 bits per heavy atom. The maximum Gasteiger partial charge on any atom is 0.265 e. The standard InChI is InChI=1S/C27H30N4O4S/c1-5-10-30-20-13-19(8-9-21(20)35-15-23(30)32)25(33)17(3)31-22(14-29-11-6-7-12-29)28-26-24(27(31)34)16(2)18(4)36-26/h5,8-9,13,17H,1,6-7,10-12,14-15H2,2-4H3. The molecule has 5 rings (SSSR count). The highest BCUT2D eigenvalue weighted by atomic mass is 32.1. The van der Waals surface area contributed by atoms with Gasteiger partial charge in [-0.05, 0) is 70.5 Å². The number of fused-ring (bicyclic) bond motifs is 2. The van der Waals surface area contributed by atoms with Crippen molar-refractivity contribution in [1.82, 2.24) is 14.5 Å². The van der Waals surface area contributed by atoms with Crippen LogP contribution in [0.3, 0.4) is 0 Å². The summed E-state index contributed by atoms with van der Waals surface area (Å²) in [5.41, 5.74) is 1.68. The molecule has 1 fully saturated rings. The lowest BCUT2D eigenvalue weighted by molar-refractivity contribution is -0.121. The van der Waals surface area contributed by atoms with Crippen molar-refractivity contribution in [3.05, 3.63) is 63.0 Å². The molecule has 2 aliphatic rings. The molecule has 3 aromatic rings. The smallest absolute Gasteiger partial charge is 0.265 e. The average molecular weight is 507 g/mol. The van der Waals surface area contributed by atoms with E-state index >= 15 is 0 Å². The van der Waals surface area contributed by atoms with Gasteiger partial charge in [0.25, 0.3) is 11.5 Å². The Bertz CT molecular complexity index is 1430. The largest absolute Gasteiger partial charge is 0.482 e. The van der Waals surface area contributed by atoms with E-state index in [0.29, 0.717) is 41.3 Å². The fourth-order valence-corrected chi connectivity index (χ4v) is 6.08. The number of anilines is 1. The minimum Gasteiger partial charge on any atom is -0.482 e. The topological polar surface area (TPSA) is 84.7 Å². The summed E-state index contributed by atoms with van der Waals surface area (Å²) in [5.74, 6) is 0.744. The van der Waals surface area contributed by atoms with Crippen LogP contribution in [0.5, 0.6) is 5.75 Å². The Hall–Kier alpha value is -3.30. The summed E-state index contributed by atoms with van der Waals surface area (Å²) < 4.78 is 7.14. The highest BCUT2D eigenvalue weighted by molar-refractivity contribution is 7.18. The van der Waals surface area contributed by atoms with Gasteiger partial charge >= 0.3 is 0 Å². The summed E-state index contributed by atoms with van der Waals surface area (Å²) in [6, 6.07) is 4.31. The number of rotatable bonds is 7. The summed E-state index contributed by atoms with van der Waals surface area (Å²) in [6.45, 7) is 12.1. The fraction of sp³-hybridized carbons (Fsp3) is 0.407. The van der Waals surface area contributed by atoms with Gasteiger partial charge in [-0.1, -0.05) is 6.08 Å². The van der Waals surface area contributed by atoms with Gasteiger partial charge in [0.2, 0.25) is 0 Å². The third-order valence-corrected chi connectivity index (χ3v) is 8.24. The molecule has 0 saturated carbocycles. The number of likely N-dealkylation sites (tertiary alicyclic amines) is 1. The number of nitrogens with zero attached hydrogens (tertiary/aromatic N) is 4. The number of ether oxygens (including phenoxy) is 1. The van der Waals surface area contributed by atoms with Crippen LogP contribution in [0.1, 0.15) is 52.4 Å². The first-order valence-corrected chi connectivity index (χ1v) is 13.1. The van der Waals surface area contributed by atoms with Gasteiger partial charge in [-0.3, -0.25) is 23.9 Å². The van der Waals surface area contributed by atoms with Gasteiger partial charge < -0.3 is 9.64 Å². The summed E-state index contributed by atoms with van der Waals surface area (Å²) in [7, 11) is 0. The third-order valence-electron chi connectivity index (χ3n) is 7.14. The van der Waals surface area contributed by atoms with E-state index in [1.165, 1.54) is 11.3 Å². The lowest BCUT2D eigenvalue weighted by atomic mass is 10.0. The molecule has 36 heavy (non-hydrogen) atoms. The Kier molecular flexibility index (Phi) is 6.53. The molecule has 0 bridgehead atoms. The van der Waals surface area contributed by atoms with E-state index in [-0.39, 0.29) is 23.9 Å². The molecule has 0 N–H and O–H groups in total. The number of carbonyl (C=O) groups is 2. The summed E-state index contributed by atoms with van der Waals surface area (Å²) in [5, 5.41) is 0.587. The molecule has 1 unspecified atom stereocenters. The Morgan fingerprint density at radius 1 is 1.25 bits per heavy atom. The number of ketones is 1. The van der Waals surface area contributed by atoms with Gasteiger partial charge in [0.1, 0.15) is 16.4 Å². The maximum atomic E-state index is 13.8. The zero-order chi connectivity index (χ0) is 25.6. The van der Waals surface area contributed by atoms with Crippen molar-refractivity contribution in [3.8, 4) is 5.75 Å². The molecule has 2 aromatic heterocycles. The molecule has 188 valence electrons. The van der Waals surface area contributed by atoms with Gasteiger partial charge in [0.05, 0.1) is 23.7 Å². The van der Waals surface area contributed by atoms with Gasteiger partial charge in [0.15, 0.2) is 12.4 Å². The highest BCUT2D eigenvalue weighted by Crippen LogP contribution is 2.34. The molecule has 0 spiro atoms. The van der Waals surface area contributed by atoms with E-state index in [4.69, 9.17) is 9.72 Å². The first-order valence-electron chi connectivity index (χ1n) is 12.3. The summed E-state index contributed by atoms with van der Waals surface area (Å²) in [6.07, 6.45) is 3.88. The normalized spacial score (nSPS) is 16.8. The number of Topliss-reactive ketones (excluding diaryl/α,β-unsaturated/α-hetero) is 1. The van der Waals surface area contributed by atoms with Crippen molar-refractivity contribution in [2.75, 3.05) is 31.1 Å². The van der Waals surface area contributed by atoms with Crippen LogP contribution in [0.15, 0.2) is 35.6 Å². The first kappa shape index (κ1) is 24.4. The lowest BCUT2D eigenvalue weighted by Gasteiger charge is -2.29. The van der Waals surface area contributed by atoms with Crippen LogP contribution in [0, 0.1) is 13.8 Å². The van der Waals surface area contributed by atoms with Crippen LogP contribution in [0.4, 0.5) is 5.69 Å². The van der Waals surface area contributed by atoms with E-state index in [9.17, 15) is 14.4 Å². The second-order valence-corrected chi connectivity index (χ2v) is 10.7. The van der Waals surface area contributed by atoms with Crippen molar-refractivity contribution in [1.29, 1.82) is 0 Å². The third kappa shape index (κ3) is 4.16. The van der Waals surface area contributed by atoms with Crippen molar-refractivity contribution >= 4 is 38.9 Å². The van der Waals surface area contributed by atoms with Crippen molar-refractivity contribution < 1.29 is 14.3 Å². The fourth-order valence-electron chi connectivity index (χ4n) is 5.04. The maximum absolute atomic E-state index is 13.8. The number of aromatic nitrogens is 2. The predicted molar refractivity (Wildman–Crippen MR) is 141 cm³/mol. The van der Waals surface area contributed by atoms with Crippen LogP contribution in [-0.2, 0) is 11.3 Å². The van der Waals surface area contributed by atoms with Gasteiger partial charge in [-0.2, -0.15) is 0 Å². The molecule has 4 heterocycles. The van der Waals surface area contributed by atoms with Crippen LogP contribution in [0.25, 0.3) is 10.2 Å². The highest BCUT2D eigenvalue weighted by Gasteiger charge is 2.29. The van der Waals surface area contributed by atoms with E-state index in [0.717, 1.165) is 41.2 Å². The zero-order valence-corrected chi connectivity index (χ0v) is 21.7. The Balaban J connectivity index is 1.58. The SMILES string of the molecule is C=CCN1C(=O)COc2ccc(C(=O)C(C)n3c(CN4CCCC4)nc4sc(C)c(C)c4c3=O)cc21. The van der Waals surface area contributed by atoms with Crippen molar-refractivity contribution in [2.24, 2.45) is 0 Å². The number of hydrogen-bond donors (Lipinski definition) is 0. The predicted octanol–water partition coefficient (Wildman–Crippen LogP) is 4.03. The molecule has 0 aliphatic carbocycles. The number of carbonyl (C=O) groups excluding carboxylic acids is 2. The van der Waals surface area contributed by atoms with E-state index < -0.39 is 6.04 Å². The molecule has 1 atom stereocenters. The average Bonchev–Trinajstić information content (AvgIpc) is 3.47. The van der Waals surface area contributed by atoms with E-state index in [1.807, 2.05) is 13.8 Å². The second kappa shape index (κ2) is 9.63. The van der Waals surface area contributed by atoms with Crippen LogP contribution in [-0.4, -0.2) is 52.4 Å². The van der Waals surface area contributed by atoms with E-state index in [1.54, 1.807) is 40.7 Å². The number of hydrogen-bond acceptors (Lipinski definition) is 7. The van der Waals surface area contributed by atoms with Crippen LogP contribution >= 0.6 is 11.3 Å². The van der Waals surface area contributed by atoms with Crippen LogP contribution < -0.4 is 15.2 Å². The molecule has 2 aliphatic heterocycles.